The smallest absolute Gasteiger partial charge is 0.133 e. The van der Waals surface area contributed by atoms with E-state index in [9.17, 15) is 0 Å². The number of rotatable bonds is 4. The van der Waals surface area contributed by atoms with E-state index in [0.29, 0.717) is 0 Å². The van der Waals surface area contributed by atoms with Gasteiger partial charge in [0.1, 0.15) is 5.82 Å². The van der Waals surface area contributed by atoms with Gasteiger partial charge in [0.2, 0.25) is 0 Å². The summed E-state index contributed by atoms with van der Waals surface area (Å²) in [7, 11) is 1.93. The van der Waals surface area contributed by atoms with Gasteiger partial charge in [-0.25, -0.2) is 9.97 Å². The minimum atomic E-state index is 0.782. The fourth-order valence-corrected chi connectivity index (χ4v) is 2.03. The molecule has 0 saturated heterocycles. The molecule has 0 aliphatic carbocycles. The number of nitrogens with zero attached hydrogens (tertiary/aromatic N) is 2. The second kappa shape index (κ2) is 5.74. The highest BCUT2D eigenvalue weighted by Gasteiger charge is 2.05. The van der Waals surface area contributed by atoms with Gasteiger partial charge in [-0.1, -0.05) is 24.3 Å². The van der Waals surface area contributed by atoms with Gasteiger partial charge in [0.15, 0.2) is 0 Å². The average molecular weight is 241 g/mol. The lowest BCUT2D eigenvalue weighted by atomic mass is 10.1. The summed E-state index contributed by atoms with van der Waals surface area (Å²) in [6.07, 6.45) is 0.797. The lowest BCUT2D eigenvalue weighted by Crippen LogP contribution is -2.10. The van der Waals surface area contributed by atoms with Gasteiger partial charge in [-0.3, -0.25) is 0 Å². The summed E-state index contributed by atoms with van der Waals surface area (Å²) < 4.78 is 0. The van der Waals surface area contributed by atoms with E-state index >= 15 is 0 Å². The van der Waals surface area contributed by atoms with Crippen LogP contribution in [0.15, 0.2) is 30.3 Å². The molecule has 0 atom stereocenters. The zero-order valence-electron chi connectivity index (χ0n) is 11.2. The van der Waals surface area contributed by atoms with Gasteiger partial charge in [0.05, 0.1) is 5.69 Å². The Morgan fingerprint density at radius 1 is 1.11 bits per heavy atom. The Labute approximate surface area is 108 Å². The van der Waals surface area contributed by atoms with Crippen LogP contribution < -0.4 is 5.32 Å². The molecule has 1 heterocycles. The number of benzene rings is 1. The molecule has 1 aromatic carbocycles. The van der Waals surface area contributed by atoms with Crippen LogP contribution in [0.2, 0.25) is 0 Å². The summed E-state index contributed by atoms with van der Waals surface area (Å²) in [4.78, 5) is 9.10. The lowest BCUT2D eigenvalue weighted by molar-refractivity contribution is 0.767. The summed E-state index contributed by atoms with van der Waals surface area (Å²) in [6, 6.07) is 10.4. The van der Waals surface area contributed by atoms with E-state index in [1.165, 1.54) is 11.1 Å². The highest BCUT2D eigenvalue weighted by Crippen LogP contribution is 2.12. The number of hydrogen-bond donors (Lipinski definition) is 1. The molecule has 1 aromatic heterocycles. The zero-order chi connectivity index (χ0) is 13.0. The van der Waals surface area contributed by atoms with E-state index in [2.05, 4.69) is 46.5 Å². The largest absolute Gasteiger partial charge is 0.314 e. The molecule has 3 heteroatoms. The Kier molecular flexibility index (Phi) is 4.05. The van der Waals surface area contributed by atoms with E-state index in [1.807, 2.05) is 20.0 Å². The maximum absolute atomic E-state index is 4.59. The van der Waals surface area contributed by atoms with Gasteiger partial charge in [-0.2, -0.15) is 0 Å². The molecular weight excluding hydrogens is 222 g/mol. The predicted octanol–water partition coefficient (Wildman–Crippen LogP) is 2.40. The van der Waals surface area contributed by atoms with Crippen LogP contribution in [-0.4, -0.2) is 17.0 Å². The Hall–Kier alpha value is -1.74. The molecule has 0 saturated carbocycles. The fourth-order valence-electron chi connectivity index (χ4n) is 2.03. The van der Waals surface area contributed by atoms with Crippen molar-refractivity contribution in [3.8, 4) is 0 Å². The van der Waals surface area contributed by atoms with Gasteiger partial charge in [0, 0.05) is 18.7 Å². The van der Waals surface area contributed by atoms with E-state index in [0.717, 1.165) is 30.2 Å². The Morgan fingerprint density at radius 3 is 2.61 bits per heavy atom. The van der Waals surface area contributed by atoms with Crippen molar-refractivity contribution < 1.29 is 0 Å². The summed E-state index contributed by atoms with van der Waals surface area (Å²) in [5.41, 5.74) is 4.66. The van der Waals surface area contributed by atoms with Gasteiger partial charge in [0.25, 0.3) is 0 Å². The number of aryl methyl sites for hydroxylation is 2. The first-order valence-electron chi connectivity index (χ1n) is 6.21. The van der Waals surface area contributed by atoms with Crippen LogP contribution >= 0.6 is 0 Å². The van der Waals surface area contributed by atoms with Crippen molar-refractivity contribution in [1.29, 1.82) is 0 Å². The Balaban J connectivity index is 2.26. The summed E-state index contributed by atoms with van der Waals surface area (Å²) in [6.45, 7) is 4.92. The molecule has 18 heavy (non-hydrogen) atoms. The molecule has 0 radical (unpaired) electrons. The van der Waals surface area contributed by atoms with Crippen LogP contribution in [0.4, 0.5) is 0 Å². The maximum atomic E-state index is 4.59. The molecule has 2 aromatic rings. The molecule has 3 nitrogen and oxygen atoms in total. The highest BCUT2D eigenvalue weighted by molar-refractivity contribution is 5.28. The van der Waals surface area contributed by atoms with Crippen molar-refractivity contribution in [3.63, 3.8) is 0 Å². The van der Waals surface area contributed by atoms with Crippen LogP contribution in [0.1, 0.15) is 28.3 Å². The molecular formula is C15H19N3. The third-order valence-corrected chi connectivity index (χ3v) is 2.92. The van der Waals surface area contributed by atoms with Crippen LogP contribution in [0.25, 0.3) is 0 Å². The van der Waals surface area contributed by atoms with Gasteiger partial charge < -0.3 is 5.32 Å². The summed E-state index contributed by atoms with van der Waals surface area (Å²) in [5.74, 6) is 0.898. The second-order valence-electron chi connectivity index (χ2n) is 4.55. The molecule has 0 amide bonds. The lowest BCUT2D eigenvalue weighted by Gasteiger charge is -2.07. The van der Waals surface area contributed by atoms with Crippen molar-refractivity contribution in [2.24, 2.45) is 0 Å². The molecule has 2 rings (SSSR count). The topological polar surface area (TPSA) is 37.8 Å². The van der Waals surface area contributed by atoms with Crippen LogP contribution in [0, 0.1) is 13.8 Å². The first-order valence-corrected chi connectivity index (χ1v) is 6.21. The Bertz CT molecular complexity index is 535. The minimum absolute atomic E-state index is 0.782. The molecule has 1 N–H and O–H groups in total. The Morgan fingerprint density at radius 2 is 1.89 bits per heavy atom. The van der Waals surface area contributed by atoms with Crippen LogP contribution in [0.5, 0.6) is 0 Å². The van der Waals surface area contributed by atoms with Gasteiger partial charge >= 0.3 is 0 Å². The standard InChI is InChI=1S/C15H19N3/c1-11-6-4-5-7-13(11)9-15-17-12(2)8-14(18-15)10-16-3/h4-8,16H,9-10H2,1-3H3. The number of nitrogens with one attached hydrogen (secondary N) is 1. The molecule has 94 valence electrons. The molecule has 0 unspecified atom stereocenters. The van der Waals surface area contributed by atoms with E-state index in [-0.39, 0.29) is 0 Å². The van der Waals surface area contributed by atoms with Crippen molar-refractivity contribution in [1.82, 2.24) is 15.3 Å². The second-order valence-corrected chi connectivity index (χ2v) is 4.55. The summed E-state index contributed by atoms with van der Waals surface area (Å²) >= 11 is 0. The highest BCUT2D eigenvalue weighted by atomic mass is 14.9. The maximum Gasteiger partial charge on any atom is 0.133 e. The average Bonchev–Trinajstić information content (AvgIpc) is 2.32. The minimum Gasteiger partial charge on any atom is -0.314 e. The zero-order valence-corrected chi connectivity index (χ0v) is 11.2. The summed E-state index contributed by atoms with van der Waals surface area (Å²) in [5, 5.41) is 3.12. The first-order chi connectivity index (χ1) is 8.69. The molecule has 0 aliphatic rings. The third-order valence-electron chi connectivity index (χ3n) is 2.92. The predicted molar refractivity (Wildman–Crippen MR) is 73.5 cm³/mol. The quantitative estimate of drug-likeness (QED) is 0.893. The van der Waals surface area contributed by atoms with Crippen LogP contribution in [-0.2, 0) is 13.0 Å². The van der Waals surface area contributed by atoms with Crippen molar-refractivity contribution in [2.45, 2.75) is 26.8 Å². The fraction of sp³-hybridized carbons (Fsp3) is 0.333. The molecule has 0 fully saturated rings. The van der Waals surface area contributed by atoms with E-state index in [4.69, 9.17) is 0 Å². The third kappa shape index (κ3) is 3.14. The first kappa shape index (κ1) is 12.7. The SMILES string of the molecule is CNCc1cc(C)nc(Cc2ccccc2C)n1. The van der Waals surface area contributed by atoms with E-state index < -0.39 is 0 Å². The van der Waals surface area contributed by atoms with Gasteiger partial charge in [-0.05, 0) is 38.1 Å². The van der Waals surface area contributed by atoms with Gasteiger partial charge in [-0.15, -0.1) is 0 Å². The number of aromatic nitrogens is 2. The number of hydrogen-bond acceptors (Lipinski definition) is 3. The van der Waals surface area contributed by atoms with E-state index in [1.54, 1.807) is 0 Å². The molecule has 0 bridgehead atoms. The molecule has 0 spiro atoms. The molecule has 0 aliphatic heterocycles. The van der Waals surface area contributed by atoms with Crippen LogP contribution in [0.3, 0.4) is 0 Å². The normalized spacial score (nSPS) is 10.6. The van der Waals surface area contributed by atoms with Crippen molar-refractivity contribution in [3.05, 3.63) is 58.7 Å². The monoisotopic (exact) mass is 241 g/mol. The van der Waals surface area contributed by atoms with Crippen molar-refractivity contribution >= 4 is 0 Å². The van der Waals surface area contributed by atoms with Crippen molar-refractivity contribution in [2.75, 3.05) is 7.05 Å².